The van der Waals surface area contributed by atoms with Crippen LogP contribution in [0.25, 0.3) is 0 Å². The van der Waals surface area contributed by atoms with E-state index in [1.165, 1.54) is 11.8 Å². The van der Waals surface area contributed by atoms with E-state index in [-0.39, 0.29) is 29.4 Å². The molecule has 106 valence electrons. The van der Waals surface area contributed by atoms with Gasteiger partial charge in [0.05, 0.1) is 5.75 Å². The first-order valence-corrected chi connectivity index (χ1v) is 7.77. The van der Waals surface area contributed by atoms with Crippen LogP contribution in [0.15, 0.2) is 28.7 Å². The Bertz CT molecular complexity index is 531. The summed E-state index contributed by atoms with van der Waals surface area (Å²) in [6.45, 7) is 1.99. The summed E-state index contributed by atoms with van der Waals surface area (Å²) in [5.41, 5.74) is 0.743. The molecule has 7 heteroatoms. The first-order chi connectivity index (χ1) is 9.49. The number of carbonyl (C=O) groups excluding carboxylic acids is 3. The smallest absolute Gasteiger partial charge is 0.288 e. The zero-order valence-corrected chi connectivity index (χ0v) is 13.2. The van der Waals surface area contributed by atoms with Gasteiger partial charge in [0.25, 0.3) is 5.24 Å². The summed E-state index contributed by atoms with van der Waals surface area (Å²) in [5, 5.41) is -0.241. The molecule has 3 amide bonds. The molecule has 1 saturated heterocycles. The number of rotatable bonds is 4. The van der Waals surface area contributed by atoms with Crippen LogP contribution in [0.2, 0.25) is 0 Å². The van der Waals surface area contributed by atoms with Crippen molar-refractivity contribution < 1.29 is 14.4 Å². The van der Waals surface area contributed by atoms with Gasteiger partial charge in [0.15, 0.2) is 0 Å². The molecule has 1 aromatic rings. The van der Waals surface area contributed by atoms with Gasteiger partial charge in [-0.3, -0.25) is 19.3 Å². The molecule has 5 nitrogen and oxygen atoms in total. The average Bonchev–Trinajstić information content (AvgIpc) is 2.72. The summed E-state index contributed by atoms with van der Waals surface area (Å²) in [5.74, 6) is -0.129. The molecular formula is C13H13BrN2O3S. The van der Waals surface area contributed by atoms with Gasteiger partial charge in [-0.25, -0.2) is 0 Å². The second-order valence-corrected chi connectivity index (χ2v) is 6.09. The van der Waals surface area contributed by atoms with Crippen LogP contribution in [0, 0.1) is 0 Å². The number of thioether (sulfide) groups is 1. The maximum absolute atomic E-state index is 11.7. The number of amides is 3. The minimum absolute atomic E-state index is 0.126. The molecule has 0 aromatic heterocycles. The summed E-state index contributed by atoms with van der Waals surface area (Å²) in [7, 11) is 0. The van der Waals surface area contributed by atoms with Crippen molar-refractivity contribution in [3.05, 3.63) is 28.7 Å². The second kappa shape index (κ2) is 6.41. The van der Waals surface area contributed by atoms with E-state index in [4.69, 9.17) is 0 Å². The maximum Gasteiger partial charge on any atom is 0.288 e. The molecule has 0 spiro atoms. The number of hydrogen-bond acceptors (Lipinski definition) is 4. The Labute approximate surface area is 129 Å². The van der Waals surface area contributed by atoms with Crippen LogP contribution in [-0.4, -0.2) is 40.8 Å². The highest BCUT2D eigenvalue weighted by atomic mass is 79.9. The third-order valence-corrected chi connectivity index (χ3v) is 4.29. The van der Waals surface area contributed by atoms with Crippen LogP contribution in [0.3, 0.4) is 0 Å². The number of anilines is 1. The number of nitrogens with zero attached hydrogens (tertiary/aromatic N) is 2. The summed E-state index contributed by atoms with van der Waals surface area (Å²) in [6.07, 6.45) is 0. The van der Waals surface area contributed by atoms with Crippen molar-refractivity contribution in [3.8, 4) is 0 Å². The lowest BCUT2D eigenvalue weighted by molar-refractivity contribution is -0.125. The highest BCUT2D eigenvalue weighted by Crippen LogP contribution is 2.21. The lowest BCUT2D eigenvalue weighted by atomic mass is 10.3. The zero-order chi connectivity index (χ0) is 14.7. The number of imide groups is 1. The predicted octanol–water partition coefficient (Wildman–Crippen LogP) is 2.50. The largest absolute Gasteiger partial charge is 0.311 e. The molecule has 0 unspecified atom stereocenters. The highest BCUT2D eigenvalue weighted by Gasteiger charge is 2.30. The monoisotopic (exact) mass is 356 g/mol. The molecule has 0 radical (unpaired) electrons. The van der Waals surface area contributed by atoms with Crippen LogP contribution >= 0.6 is 27.7 Å². The average molecular weight is 357 g/mol. The van der Waals surface area contributed by atoms with Gasteiger partial charge < -0.3 is 4.90 Å². The van der Waals surface area contributed by atoms with Gasteiger partial charge in [-0.05, 0) is 24.3 Å². The highest BCUT2D eigenvalue weighted by molar-refractivity contribution is 9.10. The van der Waals surface area contributed by atoms with Crippen molar-refractivity contribution >= 4 is 50.4 Å². The van der Waals surface area contributed by atoms with Crippen molar-refractivity contribution in [3.63, 3.8) is 0 Å². The molecule has 0 atom stereocenters. The third-order valence-electron chi connectivity index (χ3n) is 2.91. The van der Waals surface area contributed by atoms with Crippen molar-refractivity contribution in [1.82, 2.24) is 4.90 Å². The lowest BCUT2D eigenvalue weighted by Gasteiger charge is -2.23. The Hall–Kier alpha value is -1.34. The van der Waals surface area contributed by atoms with Gasteiger partial charge in [-0.15, -0.1) is 0 Å². The van der Waals surface area contributed by atoms with E-state index in [2.05, 4.69) is 15.9 Å². The van der Waals surface area contributed by atoms with E-state index in [1.54, 1.807) is 4.90 Å². The topological polar surface area (TPSA) is 57.7 Å². The molecule has 1 aliphatic rings. The quantitative estimate of drug-likeness (QED) is 0.831. The molecule has 1 heterocycles. The van der Waals surface area contributed by atoms with E-state index >= 15 is 0 Å². The Morgan fingerprint density at radius 1 is 1.35 bits per heavy atom. The summed E-state index contributed by atoms with van der Waals surface area (Å²) in [6, 6.07) is 7.31. The van der Waals surface area contributed by atoms with Crippen molar-refractivity contribution in [2.75, 3.05) is 23.7 Å². The minimum Gasteiger partial charge on any atom is -0.311 e. The molecule has 1 fully saturated rings. The van der Waals surface area contributed by atoms with Gasteiger partial charge >= 0.3 is 0 Å². The standard InChI is InChI=1S/C13H13BrN2O3S/c1-9(17)15(11-4-2-10(14)3-5-11)6-7-16-12(18)8-20-13(16)19/h2-5H,6-8H2,1H3. The minimum atomic E-state index is -0.241. The van der Waals surface area contributed by atoms with Gasteiger partial charge in [0.1, 0.15) is 0 Å². The fraction of sp³-hybridized carbons (Fsp3) is 0.308. The summed E-state index contributed by atoms with van der Waals surface area (Å²) in [4.78, 5) is 37.5. The fourth-order valence-corrected chi connectivity index (χ4v) is 2.90. The maximum atomic E-state index is 11.7. The molecule has 2 rings (SSSR count). The molecule has 20 heavy (non-hydrogen) atoms. The van der Waals surface area contributed by atoms with E-state index in [0.29, 0.717) is 6.54 Å². The summed E-state index contributed by atoms with van der Waals surface area (Å²) >= 11 is 4.34. The molecular weight excluding hydrogens is 344 g/mol. The first kappa shape index (κ1) is 15.1. The van der Waals surface area contributed by atoms with Crippen LogP contribution in [0.4, 0.5) is 10.5 Å². The molecule has 1 aliphatic heterocycles. The Balaban J connectivity index is 2.07. The van der Waals surface area contributed by atoms with E-state index in [9.17, 15) is 14.4 Å². The molecule has 0 saturated carbocycles. The Morgan fingerprint density at radius 3 is 2.50 bits per heavy atom. The third kappa shape index (κ3) is 3.40. The summed E-state index contributed by atoms with van der Waals surface area (Å²) < 4.78 is 0.922. The Kier molecular flexibility index (Phi) is 4.82. The molecule has 0 N–H and O–H groups in total. The van der Waals surface area contributed by atoms with Crippen LogP contribution < -0.4 is 4.90 Å². The number of halogens is 1. The van der Waals surface area contributed by atoms with Gasteiger partial charge in [-0.2, -0.15) is 0 Å². The number of hydrogen-bond donors (Lipinski definition) is 0. The van der Waals surface area contributed by atoms with E-state index < -0.39 is 0 Å². The molecule has 1 aromatic carbocycles. The lowest BCUT2D eigenvalue weighted by Crippen LogP contribution is -2.39. The Morgan fingerprint density at radius 2 is 2.00 bits per heavy atom. The van der Waals surface area contributed by atoms with E-state index in [0.717, 1.165) is 21.9 Å². The molecule has 0 aliphatic carbocycles. The normalized spacial score (nSPS) is 14.8. The van der Waals surface area contributed by atoms with Gasteiger partial charge in [0, 0.05) is 30.2 Å². The number of benzene rings is 1. The van der Waals surface area contributed by atoms with Crippen LogP contribution in [0.1, 0.15) is 6.92 Å². The van der Waals surface area contributed by atoms with Crippen LogP contribution in [0.5, 0.6) is 0 Å². The first-order valence-electron chi connectivity index (χ1n) is 6.00. The molecule has 0 bridgehead atoms. The van der Waals surface area contributed by atoms with Crippen molar-refractivity contribution in [2.24, 2.45) is 0 Å². The SMILES string of the molecule is CC(=O)N(CCN1C(=O)CSC1=O)c1ccc(Br)cc1. The predicted molar refractivity (Wildman–Crippen MR) is 81.7 cm³/mol. The zero-order valence-electron chi connectivity index (χ0n) is 10.8. The fourth-order valence-electron chi connectivity index (χ4n) is 1.89. The van der Waals surface area contributed by atoms with Crippen molar-refractivity contribution in [1.29, 1.82) is 0 Å². The second-order valence-electron chi connectivity index (χ2n) is 4.25. The van der Waals surface area contributed by atoms with Crippen molar-refractivity contribution in [2.45, 2.75) is 6.92 Å². The number of carbonyl (C=O) groups is 3. The van der Waals surface area contributed by atoms with Gasteiger partial charge in [-0.1, -0.05) is 27.7 Å². The van der Waals surface area contributed by atoms with E-state index in [1.807, 2.05) is 24.3 Å². The van der Waals surface area contributed by atoms with Crippen LogP contribution in [-0.2, 0) is 9.59 Å². The van der Waals surface area contributed by atoms with Gasteiger partial charge in [0.2, 0.25) is 11.8 Å².